The Kier molecular flexibility index (Phi) is 3.76. The van der Waals surface area contributed by atoms with E-state index in [1.54, 1.807) is 13.2 Å². The summed E-state index contributed by atoms with van der Waals surface area (Å²) in [4.78, 5) is 10.3. The third kappa shape index (κ3) is 2.74. The van der Waals surface area contributed by atoms with Crippen molar-refractivity contribution >= 4 is 37.5 Å². The normalized spacial score (nSPS) is 21.8. The van der Waals surface area contributed by atoms with E-state index in [-0.39, 0.29) is 17.5 Å². The van der Waals surface area contributed by atoms with Gasteiger partial charge in [0.15, 0.2) is 9.84 Å². The molecule has 1 aromatic heterocycles. The van der Waals surface area contributed by atoms with Crippen LogP contribution >= 0.6 is 15.9 Å². The van der Waals surface area contributed by atoms with Crippen LogP contribution in [0.5, 0.6) is 0 Å². The van der Waals surface area contributed by atoms with E-state index in [4.69, 9.17) is 0 Å². The first-order valence-corrected chi connectivity index (χ1v) is 8.18. The van der Waals surface area contributed by atoms with E-state index >= 15 is 0 Å². The molecule has 0 aliphatic carbocycles. The van der Waals surface area contributed by atoms with Gasteiger partial charge in [0.05, 0.1) is 16.0 Å². The average molecular weight is 335 g/mol. The smallest absolute Gasteiger partial charge is 0.224 e. The van der Waals surface area contributed by atoms with Crippen molar-refractivity contribution in [3.63, 3.8) is 0 Å². The Morgan fingerprint density at radius 3 is 2.83 bits per heavy atom. The zero-order valence-electron chi connectivity index (χ0n) is 10.2. The second-order valence-electron chi connectivity index (χ2n) is 4.28. The maximum absolute atomic E-state index is 11.5. The Hall–Kier alpha value is -0.890. The highest BCUT2D eigenvalue weighted by Gasteiger charge is 2.32. The summed E-state index contributed by atoms with van der Waals surface area (Å²) in [7, 11) is 0.709. The molecule has 18 heavy (non-hydrogen) atoms. The van der Waals surface area contributed by atoms with E-state index in [1.807, 2.05) is 11.9 Å². The number of nitrogens with zero attached hydrogens (tertiary/aromatic N) is 3. The molecule has 1 aromatic rings. The minimum absolute atomic E-state index is 0.0223. The van der Waals surface area contributed by atoms with Crippen LogP contribution < -0.4 is 10.2 Å². The zero-order valence-corrected chi connectivity index (χ0v) is 12.6. The molecule has 0 radical (unpaired) electrons. The molecule has 0 spiro atoms. The van der Waals surface area contributed by atoms with E-state index in [0.29, 0.717) is 18.2 Å². The van der Waals surface area contributed by atoms with Gasteiger partial charge in [-0.2, -0.15) is 4.98 Å². The second-order valence-corrected chi connectivity index (χ2v) is 7.37. The topological polar surface area (TPSA) is 75.2 Å². The minimum atomic E-state index is -2.89. The molecule has 100 valence electrons. The molecule has 0 aromatic carbocycles. The Morgan fingerprint density at radius 2 is 2.28 bits per heavy atom. The molecule has 2 rings (SSSR count). The van der Waals surface area contributed by atoms with Crippen molar-refractivity contribution in [2.45, 2.75) is 12.5 Å². The van der Waals surface area contributed by atoms with Gasteiger partial charge in [-0.25, -0.2) is 13.4 Å². The van der Waals surface area contributed by atoms with Crippen molar-refractivity contribution in [1.29, 1.82) is 0 Å². The van der Waals surface area contributed by atoms with Crippen molar-refractivity contribution in [3.8, 4) is 0 Å². The monoisotopic (exact) mass is 334 g/mol. The molecule has 8 heteroatoms. The van der Waals surface area contributed by atoms with E-state index in [1.165, 1.54) is 0 Å². The van der Waals surface area contributed by atoms with Crippen LogP contribution in [0.2, 0.25) is 0 Å². The molecule has 0 saturated carbocycles. The summed E-state index contributed by atoms with van der Waals surface area (Å²) in [6.07, 6.45) is 2.30. The third-order valence-corrected chi connectivity index (χ3v) is 5.35. The van der Waals surface area contributed by atoms with Crippen molar-refractivity contribution in [3.05, 3.63) is 10.7 Å². The minimum Gasteiger partial charge on any atom is -0.357 e. The first-order chi connectivity index (χ1) is 8.43. The number of halogens is 1. The van der Waals surface area contributed by atoms with E-state index < -0.39 is 9.84 Å². The molecule has 6 nitrogen and oxygen atoms in total. The van der Waals surface area contributed by atoms with Gasteiger partial charge >= 0.3 is 0 Å². The summed E-state index contributed by atoms with van der Waals surface area (Å²) in [6.45, 7) is 0. The zero-order chi connectivity index (χ0) is 13.3. The van der Waals surface area contributed by atoms with Gasteiger partial charge in [-0.1, -0.05) is 0 Å². The second kappa shape index (κ2) is 5.00. The summed E-state index contributed by atoms with van der Waals surface area (Å²) in [5, 5.41) is 2.87. The number of rotatable bonds is 3. The fourth-order valence-corrected chi connectivity index (χ4v) is 4.22. The van der Waals surface area contributed by atoms with Crippen LogP contribution in [-0.4, -0.2) is 50.0 Å². The highest BCUT2D eigenvalue weighted by molar-refractivity contribution is 9.10. The van der Waals surface area contributed by atoms with E-state index in [0.717, 1.165) is 4.47 Å². The molecule has 1 aliphatic rings. The summed E-state index contributed by atoms with van der Waals surface area (Å²) < 4.78 is 23.8. The van der Waals surface area contributed by atoms with Crippen LogP contribution in [0.15, 0.2) is 10.7 Å². The number of anilines is 2. The molecule has 1 N–H and O–H groups in total. The maximum Gasteiger partial charge on any atom is 0.224 e. The largest absolute Gasteiger partial charge is 0.357 e. The number of nitrogens with one attached hydrogen (secondary N) is 1. The van der Waals surface area contributed by atoms with E-state index in [9.17, 15) is 8.42 Å². The highest BCUT2D eigenvalue weighted by Crippen LogP contribution is 2.28. The fourth-order valence-electron chi connectivity index (χ4n) is 1.98. The summed E-state index contributed by atoms with van der Waals surface area (Å²) in [5.41, 5.74) is 0. The van der Waals surface area contributed by atoms with Gasteiger partial charge in [0.2, 0.25) is 5.95 Å². The van der Waals surface area contributed by atoms with Crippen molar-refractivity contribution < 1.29 is 8.42 Å². The van der Waals surface area contributed by atoms with Crippen LogP contribution in [0.4, 0.5) is 11.8 Å². The lowest BCUT2D eigenvalue weighted by Crippen LogP contribution is -2.33. The van der Waals surface area contributed by atoms with Gasteiger partial charge in [-0.15, -0.1) is 0 Å². The number of aromatic nitrogens is 2. The molecule has 2 heterocycles. The van der Waals surface area contributed by atoms with Crippen molar-refractivity contribution in [2.75, 3.05) is 35.8 Å². The molecule has 1 unspecified atom stereocenters. The lowest BCUT2D eigenvalue weighted by molar-refractivity contribution is 0.600. The molecule has 1 fully saturated rings. The molecule has 1 aliphatic heterocycles. The highest BCUT2D eigenvalue weighted by atomic mass is 79.9. The average Bonchev–Trinajstić information content (AvgIpc) is 2.69. The molecule has 0 bridgehead atoms. The summed E-state index contributed by atoms with van der Waals surface area (Å²) >= 11 is 3.39. The summed E-state index contributed by atoms with van der Waals surface area (Å²) in [6, 6.07) is -0.0223. The van der Waals surface area contributed by atoms with Gasteiger partial charge in [-0.05, 0) is 22.4 Å². The molecular formula is C10H15BrN4O2S. The third-order valence-electron chi connectivity index (χ3n) is 3.04. The fraction of sp³-hybridized carbons (Fsp3) is 0.600. The SMILES string of the molecule is CNc1ncc(Br)c(N(C)C2CCS(=O)(=O)C2)n1. The number of hydrogen-bond donors (Lipinski definition) is 1. The first-order valence-electron chi connectivity index (χ1n) is 5.56. The predicted octanol–water partition coefficient (Wildman–Crippen LogP) is 0.904. The van der Waals surface area contributed by atoms with Crippen LogP contribution in [0.3, 0.4) is 0 Å². The summed E-state index contributed by atoms with van der Waals surface area (Å²) in [5.74, 6) is 1.66. The van der Waals surface area contributed by atoms with Gasteiger partial charge in [0.25, 0.3) is 0 Å². The molecule has 1 saturated heterocycles. The Bertz CT molecular complexity index is 549. The Morgan fingerprint density at radius 1 is 1.56 bits per heavy atom. The quantitative estimate of drug-likeness (QED) is 0.885. The number of sulfone groups is 1. The predicted molar refractivity (Wildman–Crippen MR) is 74.7 cm³/mol. The van der Waals surface area contributed by atoms with Gasteiger partial charge in [0, 0.05) is 26.3 Å². The first kappa shape index (κ1) is 13.5. The van der Waals surface area contributed by atoms with Crippen LogP contribution in [0.1, 0.15) is 6.42 Å². The molecule has 0 amide bonds. The van der Waals surface area contributed by atoms with Crippen LogP contribution in [-0.2, 0) is 9.84 Å². The Balaban J connectivity index is 2.26. The molecule has 1 atom stereocenters. The molecular weight excluding hydrogens is 320 g/mol. The van der Waals surface area contributed by atoms with Crippen LogP contribution in [0, 0.1) is 0 Å². The Labute approximate surface area is 115 Å². The van der Waals surface area contributed by atoms with Gasteiger partial charge in [-0.3, -0.25) is 0 Å². The van der Waals surface area contributed by atoms with Crippen LogP contribution in [0.25, 0.3) is 0 Å². The van der Waals surface area contributed by atoms with Crippen molar-refractivity contribution in [1.82, 2.24) is 9.97 Å². The van der Waals surface area contributed by atoms with E-state index in [2.05, 4.69) is 31.2 Å². The van der Waals surface area contributed by atoms with Gasteiger partial charge in [0.1, 0.15) is 5.82 Å². The standard InChI is InChI=1S/C10H15BrN4O2S/c1-12-10-13-5-8(11)9(14-10)15(2)7-3-4-18(16,17)6-7/h5,7H,3-4,6H2,1-2H3,(H,12,13,14). The lowest BCUT2D eigenvalue weighted by atomic mass is 10.2. The van der Waals surface area contributed by atoms with Crippen molar-refractivity contribution in [2.24, 2.45) is 0 Å². The van der Waals surface area contributed by atoms with Gasteiger partial charge < -0.3 is 10.2 Å². The lowest BCUT2D eigenvalue weighted by Gasteiger charge is -2.25. The maximum atomic E-state index is 11.5. The number of hydrogen-bond acceptors (Lipinski definition) is 6.